The van der Waals surface area contributed by atoms with E-state index in [2.05, 4.69) is 21.1 Å². The first-order chi connectivity index (χ1) is 7.20. The van der Waals surface area contributed by atoms with E-state index in [-0.39, 0.29) is 11.7 Å². The lowest BCUT2D eigenvalue weighted by molar-refractivity contribution is 0.0690. The quantitative estimate of drug-likeness (QED) is 0.673. The van der Waals surface area contributed by atoms with Crippen molar-refractivity contribution >= 4 is 5.97 Å². The molecule has 6 nitrogen and oxygen atoms in total. The van der Waals surface area contributed by atoms with Crippen molar-refractivity contribution in [3.05, 3.63) is 11.9 Å². The first-order valence-corrected chi connectivity index (χ1v) is 4.51. The maximum atomic E-state index is 10.6. The number of hydrogen-bond acceptors (Lipinski definition) is 4. The number of rotatable bonds is 3. The lowest BCUT2D eigenvalue weighted by Crippen LogP contribution is -2.47. The molecule has 1 fully saturated rings. The molecule has 2 heterocycles. The minimum Gasteiger partial charge on any atom is -0.476 e. The van der Waals surface area contributed by atoms with Crippen LogP contribution in [0.1, 0.15) is 16.5 Å². The van der Waals surface area contributed by atoms with Crippen molar-refractivity contribution in [3.63, 3.8) is 0 Å². The minimum absolute atomic E-state index is 0.0228. The standard InChI is InChI=1S/C9H10N4O2/c1-2-3-12-4-7(5-12)13-6-8(9(14)15)10-11-13/h1,6-7H,3-5H2,(H,14,15). The number of carbonyl (C=O) groups is 1. The number of aromatic nitrogens is 3. The van der Waals surface area contributed by atoms with Gasteiger partial charge in [0.25, 0.3) is 0 Å². The van der Waals surface area contributed by atoms with Crippen molar-refractivity contribution in [3.8, 4) is 12.3 Å². The van der Waals surface area contributed by atoms with Crippen LogP contribution in [-0.4, -0.2) is 50.6 Å². The van der Waals surface area contributed by atoms with E-state index >= 15 is 0 Å². The van der Waals surface area contributed by atoms with Gasteiger partial charge in [-0.25, -0.2) is 9.48 Å². The van der Waals surface area contributed by atoms with Crippen LogP contribution in [0.5, 0.6) is 0 Å². The monoisotopic (exact) mass is 206 g/mol. The highest BCUT2D eigenvalue weighted by molar-refractivity contribution is 5.84. The topological polar surface area (TPSA) is 71.2 Å². The molecule has 15 heavy (non-hydrogen) atoms. The lowest BCUT2D eigenvalue weighted by Gasteiger charge is -2.37. The van der Waals surface area contributed by atoms with Gasteiger partial charge in [0.2, 0.25) is 0 Å². The van der Waals surface area contributed by atoms with E-state index in [1.807, 2.05) is 0 Å². The van der Waals surface area contributed by atoms with Crippen LogP contribution in [0.4, 0.5) is 0 Å². The van der Waals surface area contributed by atoms with Crippen molar-refractivity contribution in [1.82, 2.24) is 19.9 Å². The Balaban J connectivity index is 1.96. The lowest BCUT2D eigenvalue weighted by atomic mass is 10.1. The third kappa shape index (κ3) is 1.82. The first-order valence-electron chi connectivity index (χ1n) is 4.51. The van der Waals surface area contributed by atoms with E-state index in [9.17, 15) is 4.79 Å². The summed E-state index contributed by atoms with van der Waals surface area (Å²) in [4.78, 5) is 12.6. The number of aromatic carboxylic acids is 1. The molecule has 78 valence electrons. The zero-order valence-electron chi connectivity index (χ0n) is 8.00. The fourth-order valence-electron chi connectivity index (χ4n) is 1.52. The summed E-state index contributed by atoms with van der Waals surface area (Å²) in [5.74, 6) is 1.50. The van der Waals surface area contributed by atoms with Crippen LogP contribution in [0.3, 0.4) is 0 Å². The van der Waals surface area contributed by atoms with Crippen molar-refractivity contribution in [2.24, 2.45) is 0 Å². The van der Waals surface area contributed by atoms with Crippen LogP contribution in [0.2, 0.25) is 0 Å². The van der Waals surface area contributed by atoms with Crippen LogP contribution < -0.4 is 0 Å². The molecule has 6 heteroatoms. The SMILES string of the molecule is C#CCN1CC(n2cc(C(=O)O)nn2)C1. The van der Waals surface area contributed by atoms with E-state index in [4.69, 9.17) is 11.5 Å². The van der Waals surface area contributed by atoms with Crippen LogP contribution in [0.15, 0.2) is 6.20 Å². The van der Waals surface area contributed by atoms with Gasteiger partial charge in [0.05, 0.1) is 18.8 Å². The molecule has 0 spiro atoms. The Bertz CT molecular complexity index is 414. The second-order valence-electron chi connectivity index (χ2n) is 3.44. The maximum absolute atomic E-state index is 10.6. The van der Waals surface area contributed by atoms with Crippen LogP contribution >= 0.6 is 0 Å². The van der Waals surface area contributed by atoms with E-state index in [0.717, 1.165) is 13.1 Å². The van der Waals surface area contributed by atoms with Crippen LogP contribution in [0, 0.1) is 12.3 Å². The fourth-order valence-corrected chi connectivity index (χ4v) is 1.52. The summed E-state index contributed by atoms with van der Waals surface area (Å²) in [6.45, 7) is 2.22. The summed E-state index contributed by atoms with van der Waals surface area (Å²) in [5, 5.41) is 16.0. The van der Waals surface area contributed by atoms with E-state index in [0.29, 0.717) is 6.54 Å². The number of nitrogens with zero attached hydrogens (tertiary/aromatic N) is 4. The van der Waals surface area contributed by atoms with Gasteiger partial charge >= 0.3 is 5.97 Å². The highest BCUT2D eigenvalue weighted by Crippen LogP contribution is 2.19. The summed E-state index contributed by atoms with van der Waals surface area (Å²) in [5.41, 5.74) is -0.0228. The molecule has 0 bridgehead atoms. The molecule has 0 radical (unpaired) electrons. The molecule has 1 aromatic heterocycles. The zero-order valence-corrected chi connectivity index (χ0v) is 8.00. The Morgan fingerprint density at radius 1 is 1.73 bits per heavy atom. The van der Waals surface area contributed by atoms with Gasteiger partial charge < -0.3 is 5.11 Å². The Morgan fingerprint density at radius 3 is 3.00 bits per heavy atom. The van der Waals surface area contributed by atoms with Crippen LogP contribution in [-0.2, 0) is 0 Å². The van der Waals surface area contributed by atoms with Gasteiger partial charge in [-0.15, -0.1) is 11.5 Å². The zero-order chi connectivity index (χ0) is 10.8. The number of carboxylic acids is 1. The van der Waals surface area contributed by atoms with Gasteiger partial charge in [0, 0.05) is 13.1 Å². The normalized spacial score (nSPS) is 17.0. The number of terminal acetylenes is 1. The molecule has 0 amide bonds. The van der Waals surface area contributed by atoms with Crippen molar-refractivity contribution in [2.45, 2.75) is 6.04 Å². The van der Waals surface area contributed by atoms with E-state index in [1.54, 1.807) is 4.68 Å². The van der Waals surface area contributed by atoms with E-state index in [1.165, 1.54) is 6.20 Å². The smallest absolute Gasteiger partial charge is 0.358 e. The molecule has 1 N–H and O–H groups in total. The number of hydrogen-bond donors (Lipinski definition) is 1. The second-order valence-corrected chi connectivity index (χ2v) is 3.44. The first kappa shape index (κ1) is 9.68. The van der Waals surface area contributed by atoms with Crippen molar-refractivity contribution in [2.75, 3.05) is 19.6 Å². The minimum atomic E-state index is -1.05. The summed E-state index contributed by atoms with van der Waals surface area (Å²) < 4.78 is 1.58. The summed E-state index contributed by atoms with van der Waals surface area (Å²) in [6.07, 6.45) is 6.61. The van der Waals surface area contributed by atoms with Crippen molar-refractivity contribution < 1.29 is 9.90 Å². The highest BCUT2D eigenvalue weighted by atomic mass is 16.4. The Labute approximate surface area is 86.5 Å². The van der Waals surface area contributed by atoms with Gasteiger partial charge in [-0.2, -0.15) is 0 Å². The molecule has 0 atom stereocenters. The number of carboxylic acid groups (broad SMARTS) is 1. The Morgan fingerprint density at radius 2 is 2.47 bits per heavy atom. The molecule has 0 saturated carbocycles. The third-order valence-electron chi connectivity index (χ3n) is 2.36. The van der Waals surface area contributed by atoms with Gasteiger partial charge in [0.15, 0.2) is 5.69 Å². The molecular weight excluding hydrogens is 196 g/mol. The average Bonchev–Trinajstić information content (AvgIpc) is 2.59. The molecule has 1 saturated heterocycles. The Kier molecular flexibility index (Phi) is 2.39. The van der Waals surface area contributed by atoms with Gasteiger partial charge in [0.1, 0.15) is 0 Å². The fraction of sp³-hybridized carbons (Fsp3) is 0.444. The largest absolute Gasteiger partial charge is 0.476 e. The molecule has 1 aliphatic rings. The predicted molar refractivity (Wildman–Crippen MR) is 51.3 cm³/mol. The van der Waals surface area contributed by atoms with Gasteiger partial charge in [-0.1, -0.05) is 11.1 Å². The molecule has 0 unspecified atom stereocenters. The molecular formula is C9H10N4O2. The van der Waals surface area contributed by atoms with Gasteiger partial charge in [-0.05, 0) is 0 Å². The predicted octanol–water partition coefficient (Wildman–Crippen LogP) is -0.534. The molecule has 2 rings (SSSR count). The molecule has 0 aliphatic carbocycles. The van der Waals surface area contributed by atoms with Gasteiger partial charge in [-0.3, -0.25) is 4.90 Å². The second kappa shape index (κ2) is 3.71. The highest BCUT2D eigenvalue weighted by Gasteiger charge is 2.28. The Hall–Kier alpha value is -1.87. The third-order valence-corrected chi connectivity index (χ3v) is 2.36. The molecule has 1 aliphatic heterocycles. The number of likely N-dealkylation sites (tertiary alicyclic amines) is 1. The molecule has 1 aromatic rings. The molecule has 0 aromatic carbocycles. The summed E-state index contributed by atoms with van der Waals surface area (Å²) >= 11 is 0. The van der Waals surface area contributed by atoms with Crippen LogP contribution in [0.25, 0.3) is 0 Å². The summed E-state index contributed by atoms with van der Waals surface area (Å²) in [7, 11) is 0. The summed E-state index contributed by atoms with van der Waals surface area (Å²) in [6, 6.07) is 0.193. The average molecular weight is 206 g/mol. The maximum Gasteiger partial charge on any atom is 0.358 e. The van der Waals surface area contributed by atoms with Crippen molar-refractivity contribution in [1.29, 1.82) is 0 Å². The van der Waals surface area contributed by atoms with E-state index < -0.39 is 5.97 Å².